The Morgan fingerprint density at radius 1 is 1.27 bits per heavy atom. The highest BCUT2D eigenvalue weighted by Crippen LogP contribution is 2.49. The summed E-state index contributed by atoms with van der Waals surface area (Å²) >= 11 is 3.17. The van der Waals surface area contributed by atoms with E-state index in [4.69, 9.17) is 5.73 Å². The first-order chi connectivity index (χ1) is 7.10. The van der Waals surface area contributed by atoms with Gasteiger partial charge in [0.05, 0.1) is 4.47 Å². The first-order valence-electron chi connectivity index (χ1n) is 5.02. The molecule has 82 valence electrons. The third-order valence-electron chi connectivity index (χ3n) is 3.37. The highest BCUT2D eigenvalue weighted by molar-refractivity contribution is 9.10. The van der Waals surface area contributed by atoms with E-state index in [0.717, 1.165) is 24.8 Å². The standard InChI is InChI=1S/C11H14BrNO2/c12-8-3-2-7(9(14)10(8)15)11(6-13)4-1-5-11/h2-3,14-15H,1,4-6,13H2. The van der Waals surface area contributed by atoms with E-state index in [1.54, 1.807) is 6.07 Å². The van der Waals surface area contributed by atoms with Crippen LogP contribution < -0.4 is 5.73 Å². The fourth-order valence-corrected chi connectivity index (χ4v) is 2.49. The molecule has 0 spiro atoms. The molecule has 0 atom stereocenters. The maximum absolute atomic E-state index is 9.87. The molecule has 0 bridgehead atoms. The van der Waals surface area contributed by atoms with E-state index in [1.165, 1.54) is 0 Å². The number of phenols is 2. The SMILES string of the molecule is NCC1(c2ccc(Br)c(O)c2O)CCC1. The molecule has 1 saturated carbocycles. The minimum atomic E-state index is -0.123. The van der Waals surface area contributed by atoms with Crippen molar-refractivity contribution in [1.29, 1.82) is 0 Å². The van der Waals surface area contributed by atoms with Crippen LogP contribution in [0.5, 0.6) is 11.5 Å². The lowest BCUT2D eigenvalue weighted by Gasteiger charge is -2.41. The van der Waals surface area contributed by atoms with Crippen molar-refractivity contribution in [2.75, 3.05) is 6.54 Å². The Hall–Kier alpha value is -0.740. The summed E-state index contributed by atoms with van der Waals surface area (Å²) in [7, 11) is 0. The summed E-state index contributed by atoms with van der Waals surface area (Å²) in [6, 6.07) is 3.59. The molecule has 0 amide bonds. The zero-order valence-electron chi connectivity index (χ0n) is 8.33. The van der Waals surface area contributed by atoms with E-state index in [1.807, 2.05) is 6.07 Å². The molecular formula is C11H14BrNO2. The number of rotatable bonds is 2. The lowest BCUT2D eigenvalue weighted by atomic mass is 9.64. The van der Waals surface area contributed by atoms with E-state index in [9.17, 15) is 10.2 Å². The number of benzene rings is 1. The summed E-state index contributed by atoms with van der Waals surface area (Å²) in [4.78, 5) is 0. The van der Waals surface area contributed by atoms with Crippen LogP contribution >= 0.6 is 15.9 Å². The molecule has 2 rings (SSSR count). The van der Waals surface area contributed by atoms with Gasteiger partial charge in [0.15, 0.2) is 11.5 Å². The average Bonchev–Trinajstić information content (AvgIpc) is 2.17. The minimum Gasteiger partial charge on any atom is -0.504 e. The van der Waals surface area contributed by atoms with Crippen LogP contribution in [0.1, 0.15) is 24.8 Å². The summed E-state index contributed by atoms with van der Waals surface area (Å²) in [5.41, 5.74) is 6.41. The Morgan fingerprint density at radius 2 is 1.93 bits per heavy atom. The molecule has 1 aromatic carbocycles. The molecule has 4 heteroatoms. The number of halogens is 1. The van der Waals surface area contributed by atoms with Crippen LogP contribution in [0.15, 0.2) is 16.6 Å². The Labute approximate surface area is 97.0 Å². The van der Waals surface area contributed by atoms with Gasteiger partial charge >= 0.3 is 0 Å². The van der Waals surface area contributed by atoms with Crippen molar-refractivity contribution in [3.63, 3.8) is 0 Å². The third-order valence-corrected chi connectivity index (χ3v) is 4.01. The molecular weight excluding hydrogens is 258 g/mol. The lowest BCUT2D eigenvalue weighted by molar-refractivity contribution is 0.242. The van der Waals surface area contributed by atoms with E-state index in [-0.39, 0.29) is 16.9 Å². The van der Waals surface area contributed by atoms with Gasteiger partial charge in [-0.1, -0.05) is 12.5 Å². The zero-order valence-corrected chi connectivity index (χ0v) is 9.92. The fraction of sp³-hybridized carbons (Fsp3) is 0.455. The van der Waals surface area contributed by atoms with Gasteiger partial charge in [0.2, 0.25) is 0 Å². The van der Waals surface area contributed by atoms with Crippen LogP contribution in [0.25, 0.3) is 0 Å². The Kier molecular flexibility index (Phi) is 2.64. The third kappa shape index (κ3) is 1.52. The van der Waals surface area contributed by atoms with Crippen molar-refractivity contribution >= 4 is 15.9 Å². The van der Waals surface area contributed by atoms with Crippen molar-refractivity contribution in [3.05, 3.63) is 22.2 Å². The molecule has 0 aliphatic heterocycles. The number of phenolic OH excluding ortho intramolecular Hbond substituents is 2. The van der Waals surface area contributed by atoms with Crippen molar-refractivity contribution in [1.82, 2.24) is 0 Å². The summed E-state index contributed by atoms with van der Waals surface area (Å²) in [5.74, 6) is -0.123. The lowest BCUT2D eigenvalue weighted by Crippen LogP contribution is -2.41. The van der Waals surface area contributed by atoms with Crippen LogP contribution in [-0.2, 0) is 5.41 Å². The Morgan fingerprint density at radius 3 is 2.40 bits per heavy atom. The minimum absolute atomic E-state index is 0.0328. The van der Waals surface area contributed by atoms with E-state index >= 15 is 0 Å². The van der Waals surface area contributed by atoms with Crippen LogP contribution in [0.2, 0.25) is 0 Å². The second-order valence-corrected chi connectivity index (χ2v) is 4.98. The summed E-state index contributed by atoms with van der Waals surface area (Å²) < 4.78 is 0.509. The van der Waals surface area contributed by atoms with E-state index in [2.05, 4.69) is 15.9 Å². The molecule has 3 nitrogen and oxygen atoms in total. The smallest absolute Gasteiger partial charge is 0.172 e. The molecule has 0 saturated heterocycles. The molecule has 0 heterocycles. The molecule has 1 aromatic rings. The van der Waals surface area contributed by atoms with Crippen molar-refractivity contribution in [2.45, 2.75) is 24.7 Å². The Bertz CT molecular complexity index is 383. The highest BCUT2D eigenvalue weighted by Gasteiger charge is 2.39. The van der Waals surface area contributed by atoms with Crippen molar-refractivity contribution in [3.8, 4) is 11.5 Å². The molecule has 1 fully saturated rings. The maximum atomic E-state index is 9.87. The fourth-order valence-electron chi connectivity index (χ4n) is 2.17. The summed E-state index contributed by atoms with van der Waals surface area (Å²) in [5, 5.41) is 19.5. The molecule has 1 aliphatic rings. The largest absolute Gasteiger partial charge is 0.504 e. The van der Waals surface area contributed by atoms with Gasteiger partial charge in [-0.3, -0.25) is 0 Å². The first-order valence-corrected chi connectivity index (χ1v) is 5.81. The van der Waals surface area contributed by atoms with Gasteiger partial charge in [-0.2, -0.15) is 0 Å². The molecule has 15 heavy (non-hydrogen) atoms. The average molecular weight is 272 g/mol. The van der Waals surface area contributed by atoms with Crippen molar-refractivity contribution in [2.24, 2.45) is 5.73 Å². The number of aromatic hydroxyl groups is 2. The summed E-state index contributed by atoms with van der Waals surface area (Å²) in [6.07, 6.45) is 3.10. The van der Waals surface area contributed by atoms with Crippen LogP contribution in [0.3, 0.4) is 0 Å². The van der Waals surface area contributed by atoms with Gasteiger partial charge in [0.1, 0.15) is 0 Å². The Balaban J connectivity index is 2.49. The number of hydrogen-bond donors (Lipinski definition) is 3. The van der Waals surface area contributed by atoms with Crippen LogP contribution in [-0.4, -0.2) is 16.8 Å². The second kappa shape index (κ2) is 3.68. The molecule has 0 radical (unpaired) electrons. The van der Waals surface area contributed by atoms with E-state index in [0.29, 0.717) is 11.0 Å². The second-order valence-electron chi connectivity index (χ2n) is 4.13. The van der Waals surface area contributed by atoms with Gasteiger partial charge in [-0.05, 0) is 34.8 Å². The first kappa shape index (κ1) is 10.8. The molecule has 0 aromatic heterocycles. The van der Waals surface area contributed by atoms with Gasteiger partial charge in [-0.25, -0.2) is 0 Å². The van der Waals surface area contributed by atoms with Crippen LogP contribution in [0, 0.1) is 0 Å². The summed E-state index contributed by atoms with van der Waals surface area (Å²) in [6.45, 7) is 0.516. The zero-order chi connectivity index (χ0) is 11.1. The predicted octanol–water partition coefficient (Wildman–Crippen LogP) is 2.24. The van der Waals surface area contributed by atoms with E-state index < -0.39 is 0 Å². The van der Waals surface area contributed by atoms with Gasteiger partial charge < -0.3 is 15.9 Å². The van der Waals surface area contributed by atoms with Crippen molar-refractivity contribution < 1.29 is 10.2 Å². The molecule has 4 N–H and O–H groups in total. The van der Waals surface area contributed by atoms with Gasteiger partial charge in [0, 0.05) is 17.5 Å². The quantitative estimate of drug-likeness (QED) is 0.723. The van der Waals surface area contributed by atoms with Gasteiger partial charge in [-0.15, -0.1) is 0 Å². The number of hydrogen-bond acceptors (Lipinski definition) is 3. The molecule has 0 unspecified atom stereocenters. The van der Waals surface area contributed by atoms with Gasteiger partial charge in [0.25, 0.3) is 0 Å². The van der Waals surface area contributed by atoms with Crippen LogP contribution in [0.4, 0.5) is 0 Å². The number of nitrogens with two attached hydrogens (primary N) is 1. The maximum Gasteiger partial charge on any atom is 0.172 e. The topological polar surface area (TPSA) is 66.5 Å². The highest BCUT2D eigenvalue weighted by atomic mass is 79.9. The normalized spacial score (nSPS) is 18.5. The molecule has 1 aliphatic carbocycles. The predicted molar refractivity (Wildman–Crippen MR) is 62.1 cm³/mol. The monoisotopic (exact) mass is 271 g/mol.